The topological polar surface area (TPSA) is 71.5 Å². The number of anilines is 1. The molecule has 5 nitrogen and oxygen atoms in total. The van der Waals surface area contributed by atoms with Gasteiger partial charge in [0.05, 0.1) is 10.6 Å². The first-order valence-corrected chi connectivity index (χ1v) is 12.1. The minimum atomic E-state index is -4.00. The molecular formula is C19H20FNO4S2. The Hall–Kier alpha value is -1.93. The second-order valence-corrected chi connectivity index (χ2v) is 11.2. The van der Waals surface area contributed by atoms with E-state index in [4.69, 9.17) is 0 Å². The van der Waals surface area contributed by atoms with Crippen LogP contribution in [0.1, 0.15) is 31.2 Å². The van der Waals surface area contributed by atoms with Crippen molar-refractivity contribution in [1.29, 1.82) is 0 Å². The van der Waals surface area contributed by atoms with Gasteiger partial charge in [0.15, 0.2) is 9.84 Å². The predicted octanol–water partition coefficient (Wildman–Crippen LogP) is 3.25. The van der Waals surface area contributed by atoms with Gasteiger partial charge in [0.1, 0.15) is 10.7 Å². The molecule has 1 aliphatic carbocycles. The van der Waals surface area contributed by atoms with Crippen LogP contribution in [0.5, 0.6) is 0 Å². The minimum Gasteiger partial charge on any atom is -0.265 e. The average Bonchev–Trinajstić information content (AvgIpc) is 3.21. The molecule has 1 spiro atoms. The van der Waals surface area contributed by atoms with Gasteiger partial charge in [0, 0.05) is 18.2 Å². The van der Waals surface area contributed by atoms with Crippen molar-refractivity contribution in [3.05, 3.63) is 53.8 Å². The van der Waals surface area contributed by atoms with E-state index in [-0.39, 0.29) is 10.3 Å². The van der Waals surface area contributed by atoms with Crippen molar-refractivity contribution in [2.24, 2.45) is 0 Å². The van der Waals surface area contributed by atoms with Gasteiger partial charge in [-0.05, 0) is 42.7 Å². The van der Waals surface area contributed by atoms with Crippen LogP contribution >= 0.6 is 0 Å². The number of rotatable bonds is 3. The van der Waals surface area contributed by atoms with Crippen LogP contribution in [0.15, 0.2) is 52.3 Å². The van der Waals surface area contributed by atoms with Gasteiger partial charge in [-0.2, -0.15) is 0 Å². The summed E-state index contributed by atoms with van der Waals surface area (Å²) in [6.07, 6.45) is 4.86. The van der Waals surface area contributed by atoms with Gasteiger partial charge in [0.2, 0.25) is 0 Å². The van der Waals surface area contributed by atoms with Gasteiger partial charge in [0.25, 0.3) is 10.0 Å². The molecule has 0 radical (unpaired) electrons. The highest BCUT2D eigenvalue weighted by atomic mass is 32.2. The lowest BCUT2D eigenvalue weighted by atomic mass is 9.81. The third kappa shape index (κ3) is 2.86. The Morgan fingerprint density at radius 1 is 1.00 bits per heavy atom. The summed E-state index contributed by atoms with van der Waals surface area (Å²) in [5.74, 6) is -1.05. The minimum absolute atomic E-state index is 0.186. The molecule has 0 bridgehead atoms. The molecule has 1 fully saturated rings. The van der Waals surface area contributed by atoms with Crippen molar-refractivity contribution < 1.29 is 21.2 Å². The van der Waals surface area contributed by atoms with Crippen LogP contribution in [0.4, 0.5) is 10.1 Å². The molecule has 1 aliphatic heterocycles. The van der Waals surface area contributed by atoms with E-state index in [1.54, 1.807) is 12.1 Å². The normalized spacial score (nSPS) is 18.8. The summed E-state index contributed by atoms with van der Waals surface area (Å²) < 4.78 is 65.4. The van der Waals surface area contributed by atoms with Gasteiger partial charge in [-0.15, -0.1) is 0 Å². The molecule has 2 aliphatic rings. The number of nitrogens with zero attached hydrogens (tertiary/aromatic N) is 1. The van der Waals surface area contributed by atoms with E-state index < -0.39 is 30.6 Å². The second kappa shape index (κ2) is 6.04. The molecule has 0 aromatic heterocycles. The monoisotopic (exact) mass is 409 g/mol. The molecule has 1 saturated carbocycles. The highest BCUT2D eigenvalue weighted by Crippen LogP contribution is 2.51. The maximum atomic E-state index is 14.3. The smallest absolute Gasteiger partial charge is 0.264 e. The summed E-state index contributed by atoms with van der Waals surface area (Å²) >= 11 is 0. The number of hydrogen-bond acceptors (Lipinski definition) is 4. The fourth-order valence-electron chi connectivity index (χ4n) is 4.35. The van der Waals surface area contributed by atoms with E-state index in [0.717, 1.165) is 55.7 Å². The number of halogens is 1. The Labute approximate surface area is 158 Å². The number of sulfone groups is 1. The van der Waals surface area contributed by atoms with Gasteiger partial charge >= 0.3 is 0 Å². The van der Waals surface area contributed by atoms with Crippen molar-refractivity contribution in [2.45, 2.75) is 40.9 Å². The van der Waals surface area contributed by atoms with Gasteiger partial charge < -0.3 is 0 Å². The average molecular weight is 410 g/mol. The van der Waals surface area contributed by atoms with Crippen LogP contribution in [0.25, 0.3) is 0 Å². The summed E-state index contributed by atoms with van der Waals surface area (Å²) in [6.45, 7) is 0.337. The summed E-state index contributed by atoms with van der Waals surface area (Å²) in [5, 5.41) is 0. The molecule has 27 heavy (non-hydrogen) atoms. The maximum absolute atomic E-state index is 14.3. The number of para-hydroxylation sites is 1. The lowest BCUT2D eigenvalue weighted by molar-refractivity contribution is 0.477. The van der Waals surface area contributed by atoms with Crippen LogP contribution in [-0.2, 0) is 25.3 Å². The molecule has 2 aromatic rings. The molecule has 4 rings (SSSR count). The standard InChI is InChI=1S/C19H20FNO4S2/c1-26(22,23)18-9-8-14(12-16(18)20)27(24,25)21-13-19(10-4-5-11-19)15-6-2-3-7-17(15)21/h2-3,6-9,12H,4-5,10-11,13H2,1H3. The lowest BCUT2D eigenvalue weighted by Crippen LogP contribution is -2.35. The summed E-state index contributed by atoms with van der Waals surface area (Å²) in [7, 11) is -7.77. The molecule has 0 amide bonds. The van der Waals surface area contributed by atoms with Crippen LogP contribution in [0.3, 0.4) is 0 Å². The highest BCUT2D eigenvalue weighted by Gasteiger charge is 2.48. The van der Waals surface area contributed by atoms with E-state index in [2.05, 4.69) is 0 Å². The van der Waals surface area contributed by atoms with Crippen LogP contribution in [0.2, 0.25) is 0 Å². The first kappa shape index (κ1) is 18.4. The van der Waals surface area contributed by atoms with Crippen molar-refractivity contribution in [3.8, 4) is 0 Å². The molecule has 0 saturated heterocycles. The fraction of sp³-hybridized carbons (Fsp3) is 0.368. The molecule has 144 valence electrons. The number of benzene rings is 2. The van der Waals surface area contributed by atoms with Crippen LogP contribution < -0.4 is 4.31 Å². The number of hydrogen-bond donors (Lipinski definition) is 0. The lowest BCUT2D eigenvalue weighted by Gasteiger charge is -2.25. The van der Waals surface area contributed by atoms with Gasteiger partial charge in [-0.1, -0.05) is 31.0 Å². The molecule has 0 atom stereocenters. The maximum Gasteiger partial charge on any atom is 0.264 e. The fourth-order valence-corrected chi connectivity index (χ4v) is 6.66. The summed E-state index contributed by atoms with van der Waals surface area (Å²) in [4.78, 5) is -0.743. The Morgan fingerprint density at radius 2 is 1.67 bits per heavy atom. The second-order valence-electron chi connectivity index (χ2n) is 7.38. The third-order valence-corrected chi connectivity index (χ3v) is 8.53. The highest BCUT2D eigenvalue weighted by molar-refractivity contribution is 7.93. The molecule has 0 N–H and O–H groups in total. The zero-order chi connectivity index (χ0) is 19.4. The molecule has 8 heteroatoms. The predicted molar refractivity (Wildman–Crippen MR) is 101 cm³/mol. The van der Waals surface area contributed by atoms with Crippen molar-refractivity contribution >= 4 is 25.5 Å². The largest absolute Gasteiger partial charge is 0.265 e. The zero-order valence-corrected chi connectivity index (χ0v) is 16.5. The summed E-state index contributed by atoms with van der Waals surface area (Å²) in [5.41, 5.74) is 1.47. The Bertz CT molecular complexity index is 1120. The van der Waals surface area contributed by atoms with E-state index >= 15 is 0 Å². The molecule has 2 aromatic carbocycles. The molecule has 0 unspecified atom stereocenters. The van der Waals surface area contributed by atoms with Crippen molar-refractivity contribution in [2.75, 3.05) is 17.1 Å². The Morgan fingerprint density at radius 3 is 2.30 bits per heavy atom. The van der Waals surface area contributed by atoms with Crippen molar-refractivity contribution in [3.63, 3.8) is 0 Å². The Balaban J connectivity index is 1.81. The number of sulfonamides is 1. The SMILES string of the molecule is CS(=O)(=O)c1ccc(S(=O)(=O)N2CC3(CCCC3)c3ccccc32)cc1F. The van der Waals surface area contributed by atoms with Gasteiger partial charge in [-0.3, -0.25) is 4.31 Å². The third-order valence-electron chi connectivity index (χ3n) is 5.64. The Kier molecular flexibility index (Phi) is 4.12. The molecule has 1 heterocycles. The van der Waals surface area contributed by atoms with Crippen LogP contribution in [-0.4, -0.2) is 29.6 Å². The van der Waals surface area contributed by atoms with Crippen molar-refractivity contribution in [1.82, 2.24) is 0 Å². The van der Waals surface area contributed by atoms with E-state index in [1.165, 1.54) is 4.31 Å². The zero-order valence-electron chi connectivity index (χ0n) is 14.9. The van der Waals surface area contributed by atoms with E-state index in [1.807, 2.05) is 12.1 Å². The summed E-state index contributed by atoms with van der Waals surface area (Å²) in [6, 6.07) is 10.4. The first-order valence-electron chi connectivity index (χ1n) is 8.77. The van der Waals surface area contributed by atoms with E-state index in [0.29, 0.717) is 12.2 Å². The quantitative estimate of drug-likeness (QED) is 0.780. The molecular weight excluding hydrogens is 389 g/mol. The van der Waals surface area contributed by atoms with E-state index in [9.17, 15) is 21.2 Å². The van der Waals surface area contributed by atoms with Crippen LogP contribution in [0, 0.1) is 5.82 Å². The first-order chi connectivity index (χ1) is 12.7. The number of fused-ring (bicyclic) bond motifs is 2. The van der Waals surface area contributed by atoms with Gasteiger partial charge in [-0.25, -0.2) is 21.2 Å².